The molecule has 2 saturated heterocycles. The molecule has 2 aromatic rings. The van der Waals surface area contributed by atoms with Crippen LogP contribution in [0.1, 0.15) is 18.4 Å². The van der Waals surface area contributed by atoms with Crippen molar-refractivity contribution < 1.29 is 14.0 Å². The van der Waals surface area contributed by atoms with Crippen molar-refractivity contribution in [3.05, 3.63) is 60.2 Å². The van der Waals surface area contributed by atoms with Gasteiger partial charge in [-0.1, -0.05) is 12.1 Å². The maximum Gasteiger partial charge on any atom is 0.317 e. The number of likely N-dealkylation sites (tertiary alicyclic amines) is 1. The van der Waals surface area contributed by atoms with E-state index in [1.165, 1.54) is 12.1 Å². The van der Waals surface area contributed by atoms with Crippen molar-refractivity contribution >= 4 is 17.6 Å². The fourth-order valence-electron chi connectivity index (χ4n) is 3.95. The van der Waals surface area contributed by atoms with Crippen molar-refractivity contribution in [3.8, 4) is 0 Å². The number of carbonyl (C=O) groups is 2. The zero-order valence-corrected chi connectivity index (χ0v) is 14.9. The van der Waals surface area contributed by atoms with Gasteiger partial charge in [-0.05, 0) is 36.2 Å². The minimum absolute atomic E-state index is 0.0155. The molecule has 1 atom stereocenters. The Balaban J connectivity index is 1.38. The summed E-state index contributed by atoms with van der Waals surface area (Å²) in [6, 6.07) is 9.70. The Morgan fingerprint density at radius 2 is 2.15 bits per heavy atom. The molecule has 3 amide bonds. The van der Waals surface area contributed by atoms with Crippen LogP contribution < -0.4 is 10.2 Å². The van der Waals surface area contributed by atoms with Gasteiger partial charge >= 0.3 is 6.03 Å². The topological polar surface area (TPSA) is 65.5 Å². The third kappa shape index (κ3) is 3.63. The number of urea groups is 1. The van der Waals surface area contributed by atoms with Gasteiger partial charge in [0.15, 0.2) is 0 Å². The predicted molar refractivity (Wildman–Crippen MR) is 98.5 cm³/mol. The molecule has 27 heavy (non-hydrogen) atoms. The Bertz CT molecular complexity index is 860. The Hall–Kier alpha value is -2.96. The quantitative estimate of drug-likeness (QED) is 0.906. The second-order valence-electron chi connectivity index (χ2n) is 7.33. The predicted octanol–water partition coefficient (Wildman–Crippen LogP) is 2.56. The number of hydrogen-bond donors (Lipinski definition) is 1. The van der Waals surface area contributed by atoms with Crippen LogP contribution in [0.2, 0.25) is 0 Å². The van der Waals surface area contributed by atoms with Gasteiger partial charge in [0, 0.05) is 56.1 Å². The molecule has 0 radical (unpaired) electrons. The molecule has 4 rings (SSSR count). The summed E-state index contributed by atoms with van der Waals surface area (Å²) >= 11 is 0. The SMILES string of the molecule is O=C(NCc1cccnc1)N1CC[C@@]2(CC(=O)N(c3cccc(F)c3)C2)C1. The minimum Gasteiger partial charge on any atom is -0.334 e. The molecule has 140 valence electrons. The summed E-state index contributed by atoms with van der Waals surface area (Å²) < 4.78 is 13.5. The number of anilines is 1. The molecule has 0 unspecified atom stereocenters. The monoisotopic (exact) mass is 368 g/mol. The van der Waals surface area contributed by atoms with Gasteiger partial charge in [-0.2, -0.15) is 0 Å². The lowest BCUT2D eigenvalue weighted by atomic mass is 9.86. The van der Waals surface area contributed by atoms with E-state index < -0.39 is 0 Å². The number of hydrogen-bond acceptors (Lipinski definition) is 3. The van der Waals surface area contributed by atoms with E-state index in [0.29, 0.717) is 38.3 Å². The van der Waals surface area contributed by atoms with E-state index >= 15 is 0 Å². The summed E-state index contributed by atoms with van der Waals surface area (Å²) in [5.41, 5.74) is 1.26. The van der Waals surface area contributed by atoms with Gasteiger partial charge in [0.05, 0.1) is 0 Å². The van der Waals surface area contributed by atoms with Crippen LogP contribution >= 0.6 is 0 Å². The van der Waals surface area contributed by atoms with Gasteiger partial charge in [0.2, 0.25) is 5.91 Å². The molecular weight excluding hydrogens is 347 g/mol. The minimum atomic E-state index is -0.357. The third-order valence-electron chi connectivity index (χ3n) is 5.33. The van der Waals surface area contributed by atoms with Crippen molar-refractivity contribution in [1.29, 1.82) is 0 Å². The van der Waals surface area contributed by atoms with Gasteiger partial charge < -0.3 is 15.1 Å². The molecule has 0 bridgehead atoms. The van der Waals surface area contributed by atoms with Gasteiger partial charge in [0.25, 0.3) is 0 Å². The summed E-state index contributed by atoms with van der Waals surface area (Å²) in [5, 5.41) is 2.91. The van der Waals surface area contributed by atoms with Crippen LogP contribution in [0.25, 0.3) is 0 Å². The van der Waals surface area contributed by atoms with E-state index in [-0.39, 0.29) is 23.2 Å². The van der Waals surface area contributed by atoms with E-state index in [9.17, 15) is 14.0 Å². The fourth-order valence-corrected chi connectivity index (χ4v) is 3.95. The van der Waals surface area contributed by atoms with Crippen LogP contribution in [-0.2, 0) is 11.3 Å². The van der Waals surface area contributed by atoms with Gasteiger partial charge in [-0.15, -0.1) is 0 Å². The first-order chi connectivity index (χ1) is 13.0. The molecule has 7 heteroatoms. The van der Waals surface area contributed by atoms with Crippen LogP contribution in [-0.4, -0.2) is 41.5 Å². The first kappa shape index (κ1) is 17.5. The van der Waals surface area contributed by atoms with Crippen molar-refractivity contribution in [3.63, 3.8) is 0 Å². The largest absolute Gasteiger partial charge is 0.334 e. The van der Waals surface area contributed by atoms with Crippen molar-refractivity contribution in [1.82, 2.24) is 15.2 Å². The number of carbonyl (C=O) groups excluding carboxylic acids is 2. The summed E-state index contributed by atoms with van der Waals surface area (Å²) in [7, 11) is 0. The number of nitrogens with one attached hydrogen (secondary N) is 1. The molecule has 1 aromatic heterocycles. The first-order valence-electron chi connectivity index (χ1n) is 9.02. The Labute approximate surface area is 157 Å². The molecule has 2 aliphatic heterocycles. The fraction of sp³-hybridized carbons (Fsp3) is 0.350. The lowest BCUT2D eigenvalue weighted by Gasteiger charge is -2.24. The molecule has 0 aliphatic carbocycles. The van der Waals surface area contributed by atoms with E-state index in [4.69, 9.17) is 0 Å². The molecule has 2 fully saturated rings. The first-order valence-corrected chi connectivity index (χ1v) is 9.02. The highest BCUT2D eigenvalue weighted by atomic mass is 19.1. The molecule has 0 saturated carbocycles. The van der Waals surface area contributed by atoms with Crippen LogP contribution in [0.3, 0.4) is 0 Å². The van der Waals surface area contributed by atoms with Gasteiger partial charge in [0.1, 0.15) is 5.82 Å². The third-order valence-corrected chi connectivity index (χ3v) is 5.33. The van der Waals surface area contributed by atoms with Gasteiger partial charge in [-0.3, -0.25) is 9.78 Å². The second kappa shape index (κ2) is 6.98. The lowest BCUT2D eigenvalue weighted by molar-refractivity contribution is -0.117. The average molecular weight is 368 g/mol. The Morgan fingerprint density at radius 3 is 2.93 bits per heavy atom. The molecule has 1 N–H and O–H groups in total. The van der Waals surface area contributed by atoms with Crippen LogP contribution in [0.15, 0.2) is 48.8 Å². The lowest BCUT2D eigenvalue weighted by Crippen LogP contribution is -2.40. The normalized spacial score (nSPS) is 21.9. The van der Waals surface area contributed by atoms with Crippen molar-refractivity contribution in [2.24, 2.45) is 5.41 Å². The van der Waals surface area contributed by atoms with E-state index in [0.717, 1.165) is 12.0 Å². The maximum absolute atomic E-state index is 13.5. The second-order valence-corrected chi connectivity index (χ2v) is 7.33. The Morgan fingerprint density at radius 1 is 1.26 bits per heavy atom. The van der Waals surface area contributed by atoms with E-state index in [2.05, 4.69) is 10.3 Å². The van der Waals surface area contributed by atoms with Crippen molar-refractivity contribution in [2.75, 3.05) is 24.5 Å². The average Bonchev–Trinajstić information content (AvgIpc) is 3.23. The highest BCUT2D eigenvalue weighted by Gasteiger charge is 2.48. The Kier molecular flexibility index (Phi) is 4.51. The summed E-state index contributed by atoms with van der Waals surface area (Å²) in [6.07, 6.45) is 4.57. The molecule has 3 heterocycles. The number of rotatable bonds is 3. The zero-order chi connectivity index (χ0) is 18.9. The highest BCUT2D eigenvalue weighted by Crippen LogP contribution is 2.41. The van der Waals surface area contributed by atoms with Crippen LogP contribution in [0.5, 0.6) is 0 Å². The smallest absolute Gasteiger partial charge is 0.317 e. The molecule has 2 aliphatic rings. The number of pyridine rings is 1. The number of amides is 3. The number of aromatic nitrogens is 1. The van der Waals surface area contributed by atoms with E-state index in [1.807, 2.05) is 12.1 Å². The molecule has 1 aromatic carbocycles. The van der Waals surface area contributed by atoms with Crippen molar-refractivity contribution in [2.45, 2.75) is 19.4 Å². The van der Waals surface area contributed by atoms with Crippen LogP contribution in [0.4, 0.5) is 14.9 Å². The number of benzene rings is 1. The molecule has 6 nitrogen and oxygen atoms in total. The summed E-state index contributed by atoms with van der Waals surface area (Å²) in [6.45, 7) is 2.08. The summed E-state index contributed by atoms with van der Waals surface area (Å²) in [4.78, 5) is 32.4. The number of nitrogens with zero attached hydrogens (tertiary/aromatic N) is 3. The van der Waals surface area contributed by atoms with E-state index in [1.54, 1.807) is 34.3 Å². The number of halogens is 1. The van der Waals surface area contributed by atoms with Crippen LogP contribution in [0, 0.1) is 11.2 Å². The standard InChI is InChI=1S/C20H21FN4O2/c21-16-4-1-5-17(9-16)25-14-20(10-18(25)26)6-8-24(13-20)19(27)23-12-15-3-2-7-22-11-15/h1-5,7,9,11H,6,8,10,12-14H2,(H,23,27)/t20-/m1/s1. The summed E-state index contributed by atoms with van der Waals surface area (Å²) in [5.74, 6) is -0.373. The molecular formula is C20H21FN4O2. The zero-order valence-electron chi connectivity index (χ0n) is 14.9. The highest BCUT2D eigenvalue weighted by molar-refractivity contribution is 5.96. The molecule has 1 spiro atoms. The maximum atomic E-state index is 13.5. The van der Waals surface area contributed by atoms with Gasteiger partial charge in [-0.25, -0.2) is 9.18 Å².